The van der Waals surface area contributed by atoms with Gasteiger partial charge in [-0.05, 0) is 56.2 Å². The topological polar surface area (TPSA) is 108 Å². The van der Waals surface area contributed by atoms with Gasteiger partial charge in [0.2, 0.25) is 0 Å². The second-order valence-corrected chi connectivity index (χ2v) is 9.71. The molecule has 174 valence electrons. The highest BCUT2D eigenvalue weighted by Gasteiger charge is 2.27. The van der Waals surface area contributed by atoms with E-state index in [1.807, 2.05) is 13.0 Å². The molecule has 0 radical (unpaired) electrons. The molecule has 1 aromatic carbocycles. The van der Waals surface area contributed by atoms with Gasteiger partial charge in [0.25, 0.3) is 11.8 Å². The standard InChI is InChI=1S/C25H29N3O4S/c1-15(2)22(28-23(30)17-9-7-8-16(3)12-17)25(31)32-14-21(29)27-24-19(13-26)18-10-5-4-6-11-20(18)33-24/h7-9,12,15,22H,4-6,10-11,14H2,1-3H3,(H,27,29)(H,28,30)/t22-/m0/s1. The maximum Gasteiger partial charge on any atom is 0.329 e. The normalized spacial score (nSPS) is 13.9. The number of aryl methyl sites for hydroxylation is 2. The molecule has 1 aromatic heterocycles. The Morgan fingerprint density at radius 1 is 1.18 bits per heavy atom. The predicted octanol–water partition coefficient (Wildman–Crippen LogP) is 4.13. The first kappa shape index (κ1) is 24.5. The van der Waals surface area contributed by atoms with Gasteiger partial charge in [-0.2, -0.15) is 5.26 Å². The van der Waals surface area contributed by atoms with E-state index >= 15 is 0 Å². The van der Waals surface area contributed by atoms with E-state index < -0.39 is 24.5 Å². The van der Waals surface area contributed by atoms with E-state index in [-0.39, 0.29) is 11.8 Å². The number of thiophene rings is 1. The van der Waals surface area contributed by atoms with Crippen LogP contribution >= 0.6 is 11.3 Å². The predicted molar refractivity (Wildman–Crippen MR) is 127 cm³/mol. The Bertz CT molecular complexity index is 1080. The Hall–Kier alpha value is -3.18. The molecule has 3 rings (SSSR count). The second kappa shape index (κ2) is 11.1. The highest BCUT2D eigenvalue weighted by Crippen LogP contribution is 2.36. The number of hydrogen-bond acceptors (Lipinski definition) is 6. The Morgan fingerprint density at radius 2 is 1.94 bits per heavy atom. The van der Waals surface area contributed by atoms with Crippen LogP contribution in [0.3, 0.4) is 0 Å². The van der Waals surface area contributed by atoms with E-state index in [2.05, 4.69) is 16.7 Å². The van der Waals surface area contributed by atoms with Crippen LogP contribution in [-0.4, -0.2) is 30.4 Å². The number of rotatable bonds is 7. The van der Waals surface area contributed by atoms with E-state index in [1.165, 1.54) is 11.3 Å². The number of nitrogens with zero attached hydrogens (tertiary/aromatic N) is 1. The third kappa shape index (κ3) is 6.20. The summed E-state index contributed by atoms with van der Waals surface area (Å²) < 4.78 is 5.21. The van der Waals surface area contributed by atoms with Crippen molar-refractivity contribution in [1.82, 2.24) is 5.32 Å². The lowest BCUT2D eigenvalue weighted by atomic mass is 10.0. The molecule has 7 nitrogen and oxygen atoms in total. The summed E-state index contributed by atoms with van der Waals surface area (Å²) in [5, 5.41) is 15.5. The van der Waals surface area contributed by atoms with Crippen molar-refractivity contribution in [2.75, 3.05) is 11.9 Å². The third-order valence-corrected chi connectivity index (χ3v) is 6.83. The van der Waals surface area contributed by atoms with Crippen molar-refractivity contribution < 1.29 is 19.1 Å². The van der Waals surface area contributed by atoms with Crippen LogP contribution in [-0.2, 0) is 27.2 Å². The zero-order valence-electron chi connectivity index (χ0n) is 19.2. The van der Waals surface area contributed by atoms with Gasteiger partial charge in [0.05, 0.1) is 5.56 Å². The minimum atomic E-state index is -0.890. The molecule has 0 spiro atoms. The summed E-state index contributed by atoms with van der Waals surface area (Å²) in [5.74, 6) is -1.79. The van der Waals surface area contributed by atoms with Crippen molar-refractivity contribution in [2.45, 2.75) is 58.9 Å². The monoisotopic (exact) mass is 467 g/mol. The summed E-state index contributed by atoms with van der Waals surface area (Å²) in [6.07, 6.45) is 5.01. The van der Waals surface area contributed by atoms with Gasteiger partial charge in [-0.1, -0.05) is 38.0 Å². The van der Waals surface area contributed by atoms with Gasteiger partial charge in [-0.15, -0.1) is 11.3 Å². The van der Waals surface area contributed by atoms with Crippen molar-refractivity contribution in [3.8, 4) is 6.07 Å². The van der Waals surface area contributed by atoms with Crippen LogP contribution in [0.15, 0.2) is 24.3 Å². The van der Waals surface area contributed by atoms with Gasteiger partial charge >= 0.3 is 5.97 Å². The number of amides is 2. The second-order valence-electron chi connectivity index (χ2n) is 8.60. The number of anilines is 1. The first-order chi connectivity index (χ1) is 15.8. The highest BCUT2D eigenvalue weighted by molar-refractivity contribution is 7.16. The first-order valence-electron chi connectivity index (χ1n) is 11.2. The summed E-state index contributed by atoms with van der Waals surface area (Å²) in [4.78, 5) is 38.8. The fourth-order valence-electron chi connectivity index (χ4n) is 3.85. The van der Waals surface area contributed by atoms with E-state index in [4.69, 9.17) is 4.74 Å². The van der Waals surface area contributed by atoms with E-state index in [9.17, 15) is 19.6 Å². The Labute approximate surface area is 198 Å². The van der Waals surface area contributed by atoms with E-state index in [0.29, 0.717) is 16.1 Å². The molecular weight excluding hydrogens is 438 g/mol. The first-order valence-corrected chi connectivity index (χ1v) is 12.0. The summed E-state index contributed by atoms with van der Waals surface area (Å²) in [6.45, 7) is 4.98. The number of carbonyl (C=O) groups excluding carboxylic acids is 3. The van der Waals surface area contributed by atoms with Crippen molar-refractivity contribution in [2.24, 2.45) is 5.92 Å². The number of hydrogen-bond donors (Lipinski definition) is 2. The van der Waals surface area contributed by atoms with Gasteiger partial charge in [0, 0.05) is 10.4 Å². The van der Waals surface area contributed by atoms with Crippen LogP contribution in [0.1, 0.15) is 65.0 Å². The largest absolute Gasteiger partial charge is 0.454 e. The van der Waals surface area contributed by atoms with Crippen molar-refractivity contribution in [3.63, 3.8) is 0 Å². The zero-order valence-corrected chi connectivity index (χ0v) is 20.0. The minimum absolute atomic E-state index is 0.229. The van der Waals surface area contributed by atoms with Crippen LogP contribution in [0.25, 0.3) is 0 Å². The summed E-state index contributed by atoms with van der Waals surface area (Å²) >= 11 is 1.43. The fraction of sp³-hybridized carbons (Fsp3) is 0.440. The maximum absolute atomic E-state index is 12.6. The van der Waals surface area contributed by atoms with Crippen LogP contribution in [0.4, 0.5) is 5.00 Å². The molecule has 0 saturated heterocycles. The van der Waals surface area contributed by atoms with Crippen molar-refractivity contribution in [3.05, 3.63) is 51.4 Å². The molecule has 8 heteroatoms. The number of fused-ring (bicyclic) bond motifs is 1. The Morgan fingerprint density at radius 3 is 2.64 bits per heavy atom. The molecule has 1 atom stereocenters. The molecule has 1 aliphatic rings. The molecule has 0 unspecified atom stereocenters. The van der Waals surface area contributed by atoms with Gasteiger partial charge in [-0.25, -0.2) is 4.79 Å². The van der Waals surface area contributed by atoms with Gasteiger partial charge in [0.15, 0.2) is 6.61 Å². The van der Waals surface area contributed by atoms with Crippen LogP contribution in [0.5, 0.6) is 0 Å². The summed E-state index contributed by atoms with van der Waals surface area (Å²) in [6, 6.07) is 8.39. The smallest absolute Gasteiger partial charge is 0.329 e. The third-order valence-electron chi connectivity index (χ3n) is 5.62. The molecular formula is C25H29N3O4S. The van der Waals surface area contributed by atoms with Gasteiger partial charge < -0.3 is 15.4 Å². The van der Waals surface area contributed by atoms with Crippen LogP contribution in [0, 0.1) is 24.2 Å². The quantitative estimate of drug-likeness (QED) is 0.470. The number of nitriles is 1. The summed E-state index contributed by atoms with van der Waals surface area (Å²) in [7, 11) is 0. The molecule has 1 aliphatic carbocycles. The lowest BCUT2D eigenvalue weighted by Gasteiger charge is -2.21. The average molecular weight is 468 g/mol. The zero-order chi connectivity index (χ0) is 24.0. The lowest BCUT2D eigenvalue weighted by Crippen LogP contribution is -2.45. The van der Waals surface area contributed by atoms with Crippen LogP contribution < -0.4 is 10.6 Å². The number of nitrogens with one attached hydrogen (secondary N) is 2. The van der Waals surface area contributed by atoms with E-state index in [0.717, 1.165) is 48.1 Å². The average Bonchev–Trinajstić information content (AvgIpc) is 2.93. The highest BCUT2D eigenvalue weighted by atomic mass is 32.1. The minimum Gasteiger partial charge on any atom is -0.454 e. The van der Waals surface area contributed by atoms with Gasteiger partial charge in [0.1, 0.15) is 17.1 Å². The molecule has 33 heavy (non-hydrogen) atoms. The molecule has 2 aromatic rings. The number of benzene rings is 1. The summed E-state index contributed by atoms with van der Waals surface area (Å²) in [5.41, 5.74) is 2.94. The SMILES string of the molecule is Cc1cccc(C(=O)N[C@H](C(=O)OCC(=O)Nc2sc3c(c2C#N)CCCCC3)C(C)C)c1. The number of carbonyl (C=O) groups is 3. The van der Waals surface area contributed by atoms with Crippen molar-refractivity contribution in [1.29, 1.82) is 5.26 Å². The molecule has 2 amide bonds. The maximum atomic E-state index is 12.6. The number of esters is 1. The van der Waals surface area contributed by atoms with Crippen molar-refractivity contribution >= 4 is 34.1 Å². The van der Waals surface area contributed by atoms with E-state index in [1.54, 1.807) is 32.0 Å². The molecule has 1 heterocycles. The Kier molecular flexibility index (Phi) is 8.23. The molecule has 0 bridgehead atoms. The van der Waals surface area contributed by atoms with Crippen LogP contribution in [0.2, 0.25) is 0 Å². The van der Waals surface area contributed by atoms with Gasteiger partial charge in [-0.3, -0.25) is 9.59 Å². The lowest BCUT2D eigenvalue weighted by molar-refractivity contribution is -0.150. The molecule has 0 saturated carbocycles. The molecule has 0 aliphatic heterocycles. The number of ether oxygens (including phenoxy) is 1. The molecule has 0 fully saturated rings. The fourth-order valence-corrected chi connectivity index (χ4v) is 5.10. The molecule has 2 N–H and O–H groups in total. The Balaban J connectivity index is 1.60.